The van der Waals surface area contributed by atoms with Crippen molar-refractivity contribution in [3.8, 4) is 0 Å². The highest BCUT2D eigenvalue weighted by molar-refractivity contribution is 6.74. The molecule has 1 unspecified atom stereocenters. The monoisotopic (exact) mass is 326 g/mol. The van der Waals surface area contributed by atoms with E-state index < -0.39 is 8.32 Å². The highest BCUT2D eigenvalue weighted by Crippen LogP contribution is 2.38. The Morgan fingerprint density at radius 1 is 1.18 bits per heavy atom. The molecule has 0 fully saturated rings. The standard InChI is InChI=1S/C19H38O2Si/c1-9-10-11-12-18(15-16(2)13-14-17(3)20)21-22(7,8)19(4,5)6/h18H,2,9-15H2,1,3-8H3. The van der Waals surface area contributed by atoms with Crippen molar-refractivity contribution < 1.29 is 9.22 Å². The lowest BCUT2D eigenvalue weighted by Gasteiger charge is -2.39. The number of ketones is 1. The molecule has 0 saturated heterocycles. The van der Waals surface area contributed by atoms with Gasteiger partial charge < -0.3 is 9.22 Å². The number of hydrogen-bond acceptors (Lipinski definition) is 2. The van der Waals surface area contributed by atoms with Crippen molar-refractivity contribution >= 4 is 14.1 Å². The molecule has 1 atom stereocenters. The van der Waals surface area contributed by atoms with Gasteiger partial charge in [0.05, 0.1) is 0 Å². The van der Waals surface area contributed by atoms with E-state index in [9.17, 15) is 4.79 Å². The second-order valence-corrected chi connectivity index (χ2v) is 12.9. The number of rotatable bonds is 11. The highest BCUT2D eigenvalue weighted by atomic mass is 28.4. The van der Waals surface area contributed by atoms with Gasteiger partial charge in [-0.3, -0.25) is 0 Å². The van der Waals surface area contributed by atoms with Gasteiger partial charge in [0.1, 0.15) is 5.78 Å². The topological polar surface area (TPSA) is 26.3 Å². The predicted molar refractivity (Wildman–Crippen MR) is 99.9 cm³/mol. The van der Waals surface area contributed by atoms with Gasteiger partial charge >= 0.3 is 0 Å². The zero-order chi connectivity index (χ0) is 17.4. The van der Waals surface area contributed by atoms with Gasteiger partial charge in [-0.05, 0) is 44.3 Å². The molecule has 0 aromatic rings. The molecule has 0 saturated carbocycles. The van der Waals surface area contributed by atoms with Crippen LogP contribution in [-0.4, -0.2) is 20.2 Å². The van der Waals surface area contributed by atoms with E-state index in [2.05, 4.69) is 47.4 Å². The Kier molecular flexibility index (Phi) is 9.48. The Morgan fingerprint density at radius 3 is 2.23 bits per heavy atom. The van der Waals surface area contributed by atoms with E-state index in [0.717, 1.165) is 24.8 Å². The molecule has 130 valence electrons. The van der Waals surface area contributed by atoms with Crippen LogP contribution in [0.1, 0.15) is 79.6 Å². The Balaban J connectivity index is 4.68. The van der Waals surface area contributed by atoms with Gasteiger partial charge in [-0.2, -0.15) is 0 Å². The summed E-state index contributed by atoms with van der Waals surface area (Å²) in [7, 11) is -1.75. The van der Waals surface area contributed by atoms with E-state index in [1.807, 2.05) is 0 Å². The van der Waals surface area contributed by atoms with Crippen LogP contribution in [0.5, 0.6) is 0 Å². The van der Waals surface area contributed by atoms with Gasteiger partial charge in [0.2, 0.25) is 0 Å². The van der Waals surface area contributed by atoms with E-state index >= 15 is 0 Å². The number of hydrogen-bond donors (Lipinski definition) is 0. The lowest BCUT2D eigenvalue weighted by molar-refractivity contribution is -0.117. The SMILES string of the molecule is C=C(CCC(C)=O)CC(CCCCC)O[Si](C)(C)C(C)(C)C. The quantitative estimate of drug-likeness (QED) is 0.254. The summed E-state index contributed by atoms with van der Waals surface area (Å²) in [6.45, 7) is 19.5. The van der Waals surface area contributed by atoms with Crippen LogP contribution >= 0.6 is 0 Å². The van der Waals surface area contributed by atoms with Crippen LogP contribution in [0.25, 0.3) is 0 Å². The van der Waals surface area contributed by atoms with Gasteiger partial charge in [0.25, 0.3) is 0 Å². The molecule has 0 aliphatic heterocycles. The minimum atomic E-state index is -1.75. The fourth-order valence-corrected chi connectivity index (χ4v) is 3.58. The lowest BCUT2D eigenvalue weighted by atomic mass is 10.0. The van der Waals surface area contributed by atoms with Gasteiger partial charge in [0, 0.05) is 12.5 Å². The normalized spacial score (nSPS) is 14.0. The molecule has 0 aliphatic carbocycles. The van der Waals surface area contributed by atoms with Crippen LogP contribution in [0, 0.1) is 0 Å². The maximum atomic E-state index is 11.1. The molecule has 0 aromatic heterocycles. The summed E-state index contributed by atoms with van der Waals surface area (Å²) in [6.07, 6.45) is 7.42. The minimum absolute atomic E-state index is 0.233. The molecule has 0 amide bonds. The zero-order valence-corrected chi connectivity index (χ0v) is 17.1. The molecule has 0 heterocycles. The lowest BCUT2D eigenvalue weighted by Crippen LogP contribution is -2.44. The van der Waals surface area contributed by atoms with Crippen LogP contribution < -0.4 is 0 Å². The minimum Gasteiger partial charge on any atom is -0.414 e. The molecule has 0 rings (SSSR count). The third-order valence-electron chi connectivity index (χ3n) is 4.74. The number of carbonyl (C=O) groups is 1. The van der Waals surface area contributed by atoms with Crippen molar-refractivity contribution in [1.29, 1.82) is 0 Å². The van der Waals surface area contributed by atoms with Crippen LogP contribution in [0.15, 0.2) is 12.2 Å². The van der Waals surface area contributed by atoms with E-state index in [4.69, 9.17) is 4.43 Å². The molecule has 0 radical (unpaired) electrons. The van der Waals surface area contributed by atoms with Crippen LogP contribution in [0.4, 0.5) is 0 Å². The van der Waals surface area contributed by atoms with Crippen molar-refractivity contribution in [3.63, 3.8) is 0 Å². The average Bonchev–Trinajstić information content (AvgIpc) is 2.34. The number of unbranched alkanes of at least 4 members (excludes halogenated alkanes) is 2. The summed E-state index contributed by atoms with van der Waals surface area (Å²) in [5.41, 5.74) is 1.16. The molecule has 0 N–H and O–H groups in total. The summed E-state index contributed by atoms with van der Waals surface area (Å²) in [5, 5.41) is 0.233. The Hall–Kier alpha value is -0.413. The zero-order valence-electron chi connectivity index (χ0n) is 16.1. The van der Waals surface area contributed by atoms with Gasteiger partial charge in [0.15, 0.2) is 8.32 Å². The first-order valence-corrected chi connectivity index (χ1v) is 11.7. The third-order valence-corrected chi connectivity index (χ3v) is 9.28. The van der Waals surface area contributed by atoms with Gasteiger partial charge in [-0.1, -0.05) is 59.1 Å². The van der Waals surface area contributed by atoms with Crippen LogP contribution in [0.3, 0.4) is 0 Å². The van der Waals surface area contributed by atoms with E-state index in [0.29, 0.717) is 6.42 Å². The number of carbonyl (C=O) groups excluding carboxylic acids is 1. The van der Waals surface area contributed by atoms with Crippen molar-refractivity contribution in [2.24, 2.45) is 0 Å². The summed E-state index contributed by atoms with van der Waals surface area (Å²) in [6, 6.07) is 0. The summed E-state index contributed by atoms with van der Waals surface area (Å²) < 4.78 is 6.62. The fourth-order valence-electron chi connectivity index (χ4n) is 2.19. The first-order chi connectivity index (χ1) is 9.99. The number of Topliss-reactive ketones (excluding diaryl/α,β-unsaturated/α-hetero) is 1. The van der Waals surface area contributed by atoms with E-state index in [1.54, 1.807) is 6.92 Å². The molecular formula is C19H38O2Si. The highest BCUT2D eigenvalue weighted by Gasteiger charge is 2.39. The second-order valence-electron chi connectivity index (χ2n) is 8.15. The van der Waals surface area contributed by atoms with Crippen LogP contribution in [-0.2, 0) is 9.22 Å². The third kappa shape index (κ3) is 8.89. The molecule has 0 spiro atoms. The average molecular weight is 327 g/mol. The Bertz CT molecular complexity index is 353. The molecular weight excluding hydrogens is 288 g/mol. The fraction of sp³-hybridized carbons (Fsp3) is 0.842. The predicted octanol–water partition coefficient (Wildman–Crippen LogP) is 6.27. The Morgan fingerprint density at radius 2 is 1.77 bits per heavy atom. The van der Waals surface area contributed by atoms with Crippen molar-refractivity contribution in [3.05, 3.63) is 12.2 Å². The second kappa shape index (κ2) is 9.66. The van der Waals surface area contributed by atoms with E-state index in [1.165, 1.54) is 19.3 Å². The van der Waals surface area contributed by atoms with Gasteiger partial charge in [-0.25, -0.2) is 0 Å². The summed E-state index contributed by atoms with van der Waals surface area (Å²) >= 11 is 0. The maximum Gasteiger partial charge on any atom is 0.192 e. The van der Waals surface area contributed by atoms with Crippen LogP contribution in [0.2, 0.25) is 18.1 Å². The largest absolute Gasteiger partial charge is 0.414 e. The summed E-state index contributed by atoms with van der Waals surface area (Å²) in [4.78, 5) is 11.1. The van der Waals surface area contributed by atoms with Crippen molar-refractivity contribution in [2.75, 3.05) is 0 Å². The molecule has 0 bridgehead atoms. The van der Waals surface area contributed by atoms with Gasteiger partial charge in [-0.15, -0.1) is 0 Å². The molecule has 3 heteroatoms. The maximum absolute atomic E-state index is 11.1. The molecule has 22 heavy (non-hydrogen) atoms. The smallest absolute Gasteiger partial charge is 0.192 e. The van der Waals surface area contributed by atoms with Crippen molar-refractivity contribution in [2.45, 2.75) is 104 Å². The molecule has 2 nitrogen and oxygen atoms in total. The molecule has 0 aromatic carbocycles. The Labute approximate surface area is 139 Å². The summed E-state index contributed by atoms with van der Waals surface area (Å²) in [5.74, 6) is 0.244. The van der Waals surface area contributed by atoms with Crippen molar-refractivity contribution in [1.82, 2.24) is 0 Å². The first kappa shape index (κ1) is 21.6. The van der Waals surface area contributed by atoms with E-state index in [-0.39, 0.29) is 16.9 Å². The first-order valence-electron chi connectivity index (χ1n) is 8.83. The molecule has 0 aliphatic rings.